The minimum Gasteiger partial charge on any atom is -0.309 e. The minimum absolute atomic E-state index is 0.819. The summed E-state index contributed by atoms with van der Waals surface area (Å²) in [5.74, 6) is 0.913. The molecule has 0 aliphatic heterocycles. The quantitative estimate of drug-likeness (QED) is 0.121. The molecular weight excluding hydrogens is 688 g/mol. The van der Waals surface area contributed by atoms with Gasteiger partial charge in [-0.1, -0.05) is 188 Å². The molecule has 0 amide bonds. The standard InChI is InChI=1S/C51H35N2OP/c54-55(40-18-6-2-7-19-40,41-20-8-3-9-21-41)42-34-32-37(33-35-42)50-45-24-12-10-22-43(45)49(44-23-11-13-25-46(44)50)36-28-30-38(31-29-36)51-52-47-26-14-15-27-48(47)53(51)39-16-4-1-5-17-39/h1-35H. The molecule has 0 radical (unpaired) electrons. The molecule has 1 aromatic heterocycles. The first-order valence-corrected chi connectivity index (χ1v) is 20.3. The Bertz CT molecular complexity index is 2930. The molecule has 260 valence electrons. The first kappa shape index (κ1) is 32.8. The van der Waals surface area contributed by atoms with Crippen LogP contribution in [-0.4, -0.2) is 9.55 Å². The summed E-state index contributed by atoms with van der Waals surface area (Å²) in [6.45, 7) is 0. The summed E-state index contributed by atoms with van der Waals surface area (Å²) in [5.41, 5.74) is 8.79. The highest BCUT2D eigenvalue weighted by atomic mass is 31.2. The number of hydrogen-bond donors (Lipinski definition) is 0. The molecule has 0 saturated heterocycles. The molecule has 9 aromatic carbocycles. The summed E-state index contributed by atoms with van der Waals surface area (Å²) >= 11 is 0. The van der Waals surface area contributed by atoms with Crippen molar-refractivity contribution in [3.05, 3.63) is 212 Å². The van der Waals surface area contributed by atoms with Crippen molar-refractivity contribution < 1.29 is 4.57 Å². The number of nitrogens with zero attached hydrogens (tertiary/aromatic N) is 2. The molecule has 0 aliphatic rings. The summed E-state index contributed by atoms with van der Waals surface area (Å²) < 4.78 is 17.4. The summed E-state index contributed by atoms with van der Waals surface area (Å²) in [7, 11) is -3.09. The predicted molar refractivity (Wildman–Crippen MR) is 232 cm³/mol. The van der Waals surface area contributed by atoms with Crippen molar-refractivity contribution >= 4 is 55.6 Å². The Morgan fingerprint density at radius 3 is 1.25 bits per heavy atom. The maximum Gasteiger partial charge on any atom is 0.171 e. The third kappa shape index (κ3) is 5.52. The lowest BCUT2D eigenvalue weighted by Gasteiger charge is -2.21. The van der Waals surface area contributed by atoms with E-state index in [9.17, 15) is 0 Å². The third-order valence-electron chi connectivity index (χ3n) is 10.7. The van der Waals surface area contributed by atoms with Crippen molar-refractivity contribution in [2.24, 2.45) is 0 Å². The lowest BCUT2D eigenvalue weighted by atomic mass is 9.86. The largest absolute Gasteiger partial charge is 0.309 e. The molecule has 0 bridgehead atoms. The average Bonchev–Trinajstić information content (AvgIpc) is 3.66. The van der Waals surface area contributed by atoms with Gasteiger partial charge in [0.05, 0.1) is 11.0 Å². The van der Waals surface area contributed by atoms with Gasteiger partial charge in [-0.15, -0.1) is 0 Å². The third-order valence-corrected chi connectivity index (χ3v) is 13.8. The van der Waals surface area contributed by atoms with Crippen LogP contribution in [-0.2, 0) is 4.57 Å². The van der Waals surface area contributed by atoms with E-state index in [0.717, 1.165) is 55.1 Å². The van der Waals surface area contributed by atoms with Crippen molar-refractivity contribution in [3.8, 4) is 39.3 Å². The van der Waals surface area contributed by atoms with E-state index in [0.29, 0.717) is 0 Å². The predicted octanol–water partition coefficient (Wildman–Crippen LogP) is 12.0. The summed E-state index contributed by atoms with van der Waals surface area (Å²) in [6, 6.07) is 73.2. The second-order valence-electron chi connectivity index (χ2n) is 13.8. The van der Waals surface area contributed by atoms with Gasteiger partial charge in [-0.05, 0) is 68.1 Å². The van der Waals surface area contributed by atoms with Crippen molar-refractivity contribution in [2.75, 3.05) is 0 Å². The minimum atomic E-state index is -3.09. The van der Waals surface area contributed by atoms with E-state index >= 15 is 4.57 Å². The fourth-order valence-electron chi connectivity index (χ4n) is 8.16. The molecule has 0 aliphatic carbocycles. The Labute approximate surface area is 320 Å². The van der Waals surface area contributed by atoms with Crippen LogP contribution in [0.4, 0.5) is 0 Å². The average molecular weight is 723 g/mol. The summed E-state index contributed by atoms with van der Waals surface area (Å²) in [6.07, 6.45) is 0. The van der Waals surface area contributed by atoms with Gasteiger partial charge in [0.25, 0.3) is 0 Å². The fourth-order valence-corrected chi connectivity index (χ4v) is 10.8. The molecule has 0 saturated carbocycles. The van der Waals surface area contributed by atoms with Crippen LogP contribution >= 0.6 is 7.14 Å². The van der Waals surface area contributed by atoms with Gasteiger partial charge in [0.15, 0.2) is 7.14 Å². The maximum absolute atomic E-state index is 15.1. The van der Waals surface area contributed by atoms with Crippen LogP contribution in [0.15, 0.2) is 212 Å². The van der Waals surface area contributed by atoms with Gasteiger partial charge in [0, 0.05) is 27.2 Å². The lowest BCUT2D eigenvalue weighted by Crippen LogP contribution is -2.24. The molecule has 55 heavy (non-hydrogen) atoms. The smallest absolute Gasteiger partial charge is 0.171 e. The molecular formula is C51H35N2OP. The van der Waals surface area contributed by atoms with Gasteiger partial charge in [0.2, 0.25) is 0 Å². The maximum atomic E-state index is 15.1. The van der Waals surface area contributed by atoms with Crippen molar-refractivity contribution in [2.45, 2.75) is 0 Å². The monoisotopic (exact) mass is 722 g/mol. The van der Waals surface area contributed by atoms with E-state index in [-0.39, 0.29) is 0 Å². The number of imidazole rings is 1. The molecule has 0 N–H and O–H groups in total. The molecule has 10 rings (SSSR count). The van der Waals surface area contributed by atoms with Crippen LogP contribution in [0.2, 0.25) is 0 Å². The van der Waals surface area contributed by atoms with Crippen LogP contribution in [0.25, 0.3) is 71.9 Å². The molecule has 3 nitrogen and oxygen atoms in total. The Balaban J connectivity index is 1.11. The van der Waals surface area contributed by atoms with E-state index in [1.54, 1.807) is 0 Å². The van der Waals surface area contributed by atoms with E-state index in [4.69, 9.17) is 4.98 Å². The van der Waals surface area contributed by atoms with Gasteiger partial charge >= 0.3 is 0 Å². The Kier molecular flexibility index (Phi) is 8.09. The van der Waals surface area contributed by atoms with Gasteiger partial charge in [-0.2, -0.15) is 0 Å². The molecule has 0 fully saturated rings. The number of hydrogen-bond acceptors (Lipinski definition) is 2. The fraction of sp³-hybridized carbons (Fsp3) is 0. The highest BCUT2D eigenvalue weighted by Gasteiger charge is 2.29. The normalized spacial score (nSPS) is 11.7. The highest BCUT2D eigenvalue weighted by Crippen LogP contribution is 2.46. The lowest BCUT2D eigenvalue weighted by molar-refractivity contribution is 0.592. The zero-order valence-electron chi connectivity index (χ0n) is 30.0. The summed E-state index contributed by atoms with van der Waals surface area (Å²) in [5, 5.41) is 7.20. The number of rotatable bonds is 7. The molecule has 4 heteroatoms. The van der Waals surface area contributed by atoms with Crippen molar-refractivity contribution in [1.82, 2.24) is 9.55 Å². The first-order valence-electron chi connectivity index (χ1n) is 18.6. The van der Waals surface area contributed by atoms with Gasteiger partial charge in [-0.3, -0.25) is 4.57 Å². The second-order valence-corrected chi connectivity index (χ2v) is 16.6. The number of aromatic nitrogens is 2. The van der Waals surface area contributed by atoms with Crippen LogP contribution < -0.4 is 15.9 Å². The number of fused-ring (bicyclic) bond motifs is 3. The highest BCUT2D eigenvalue weighted by molar-refractivity contribution is 7.85. The van der Waals surface area contributed by atoms with Crippen molar-refractivity contribution in [1.29, 1.82) is 0 Å². The summed E-state index contributed by atoms with van der Waals surface area (Å²) in [4.78, 5) is 5.11. The van der Waals surface area contributed by atoms with Crippen LogP contribution in [0, 0.1) is 0 Å². The SMILES string of the molecule is O=P(c1ccccc1)(c1ccccc1)c1ccc(-c2c3ccccc3c(-c3ccc(-c4nc5ccccc5n4-c4ccccc4)cc3)c3ccccc23)cc1. The number of benzene rings is 9. The van der Waals surface area contributed by atoms with E-state index < -0.39 is 7.14 Å². The van der Waals surface area contributed by atoms with Gasteiger partial charge in [-0.25, -0.2) is 4.98 Å². The van der Waals surface area contributed by atoms with Gasteiger partial charge < -0.3 is 4.57 Å². The Morgan fingerprint density at radius 2 is 0.745 bits per heavy atom. The zero-order valence-corrected chi connectivity index (χ0v) is 30.9. The van der Waals surface area contributed by atoms with Crippen LogP contribution in [0.3, 0.4) is 0 Å². The molecule has 1 heterocycles. The Morgan fingerprint density at radius 1 is 0.364 bits per heavy atom. The topological polar surface area (TPSA) is 34.9 Å². The zero-order chi connectivity index (χ0) is 36.8. The van der Waals surface area contributed by atoms with E-state index in [1.807, 2.05) is 72.8 Å². The second kappa shape index (κ2) is 13.6. The first-order chi connectivity index (χ1) is 27.2. The van der Waals surface area contributed by atoms with Gasteiger partial charge in [0.1, 0.15) is 5.82 Å². The van der Waals surface area contributed by atoms with E-state index in [2.05, 4.69) is 144 Å². The molecule has 0 unspecified atom stereocenters. The molecule has 0 spiro atoms. The van der Waals surface area contributed by atoms with Crippen molar-refractivity contribution in [3.63, 3.8) is 0 Å². The van der Waals surface area contributed by atoms with Crippen LogP contribution in [0.1, 0.15) is 0 Å². The van der Waals surface area contributed by atoms with E-state index in [1.165, 1.54) is 32.7 Å². The van der Waals surface area contributed by atoms with Crippen LogP contribution in [0.5, 0.6) is 0 Å². The Hall–Kier alpha value is -6.80. The molecule has 0 atom stereocenters. The number of para-hydroxylation sites is 3. The molecule has 10 aromatic rings.